The fourth-order valence-corrected chi connectivity index (χ4v) is 2.10. The molecule has 0 aliphatic carbocycles. The lowest BCUT2D eigenvalue weighted by atomic mass is 10.2. The Kier molecular flexibility index (Phi) is 3.78. The Hall–Kier alpha value is -2.08. The third-order valence-electron chi connectivity index (χ3n) is 2.18. The number of nitrogens with two attached hydrogens (primary N) is 1. The predicted molar refractivity (Wildman–Crippen MR) is 68.3 cm³/mol. The highest BCUT2D eigenvalue weighted by molar-refractivity contribution is 7.99. The van der Waals surface area contributed by atoms with Gasteiger partial charge in [0.15, 0.2) is 0 Å². The summed E-state index contributed by atoms with van der Waals surface area (Å²) in [7, 11) is 1.33. The van der Waals surface area contributed by atoms with Crippen molar-refractivity contribution in [2.45, 2.75) is 9.92 Å². The number of esters is 1. The number of methoxy groups -OCH3 is 1. The second-order valence-electron chi connectivity index (χ2n) is 3.39. The zero-order valence-electron chi connectivity index (χ0n) is 9.66. The van der Waals surface area contributed by atoms with Crippen molar-refractivity contribution in [3.63, 3.8) is 0 Å². The number of carbonyl (C=O) groups is 1. The molecule has 0 aliphatic rings. The summed E-state index contributed by atoms with van der Waals surface area (Å²) in [5.41, 5.74) is 6.82. The predicted octanol–water partition coefficient (Wildman–Crippen LogP) is 2.00. The number of benzene rings is 1. The van der Waals surface area contributed by atoms with E-state index in [1.807, 2.05) is 0 Å². The van der Waals surface area contributed by atoms with Gasteiger partial charge in [-0.25, -0.2) is 9.78 Å². The van der Waals surface area contributed by atoms with Gasteiger partial charge in [0, 0.05) is 23.0 Å². The summed E-state index contributed by atoms with van der Waals surface area (Å²) in [5.74, 6) is -0.405. The maximum Gasteiger partial charge on any atom is 0.337 e. The Morgan fingerprint density at radius 1 is 1.39 bits per heavy atom. The minimum Gasteiger partial charge on any atom is -0.465 e. The van der Waals surface area contributed by atoms with Crippen LogP contribution in [0.2, 0.25) is 0 Å². The van der Waals surface area contributed by atoms with Gasteiger partial charge in [0.25, 0.3) is 0 Å². The lowest BCUT2D eigenvalue weighted by Crippen LogP contribution is -2.02. The molecule has 0 spiro atoms. The van der Waals surface area contributed by atoms with E-state index >= 15 is 0 Å². The molecule has 18 heavy (non-hydrogen) atoms. The molecule has 0 amide bonds. The maximum absolute atomic E-state index is 11.3. The quantitative estimate of drug-likeness (QED) is 0.672. The number of aromatic nitrogens is 2. The average Bonchev–Trinajstić information content (AvgIpc) is 2.41. The van der Waals surface area contributed by atoms with Crippen LogP contribution in [0.3, 0.4) is 0 Å². The highest BCUT2D eigenvalue weighted by Crippen LogP contribution is 2.30. The molecule has 0 fully saturated rings. The van der Waals surface area contributed by atoms with Crippen LogP contribution in [-0.4, -0.2) is 23.0 Å². The molecule has 0 unspecified atom stereocenters. The zero-order valence-corrected chi connectivity index (χ0v) is 10.5. The van der Waals surface area contributed by atoms with Crippen molar-refractivity contribution in [2.75, 3.05) is 12.8 Å². The first-order valence-corrected chi connectivity index (χ1v) is 5.94. The van der Waals surface area contributed by atoms with Gasteiger partial charge >= 0.3 is 5.97 Å². The van der Waals surface area contributed by atoms with E-state index in [1.54, 1.807) is 36.8 Å². The van der Waals surface area contributed by atoms with Gasteiger partial charge in [-0.3, -0.25) is 4.98 Å². The van der Waals surface area contributed by atoms with Gasteiger partial charge in [0.1, 0.15) is 5.03 Å². The monoisotopic (exact) mass is 261 g/mol. The van der Waals surface area contributed by atoms with Crippen molar-refractivity contribution < 1.29 is 9.53 Å². The van der Waals surface area contributed by atoms with E-state index in [2.05, 4.69) is 14.7 Å². The van der Waals surface area contributed by atoms with Gasteiger partial charge in [-0.1, -0.05) is 11.8 Å². The Balaban J connectivity index is 2.23. The van der Waals surface area contributed by atoms with Crippen LogP contribution < -0.4 is 5.73 Å². The van der Waals surface area contributed by atoms with E-state index in [1.165, 1.54) is 18.9 Å². The van der Waals surface area contributed by atoms with Crippen LogP contribution >= 0.6 is 11.8 Å². The molecule has 1 heterocycles. The fraction of sp³-hybridized carbons (Fsp3) is 0.0833. The number of rotatable bonds is 3. The second-order valence-corrected chi connectivity index (χ2v) is 4.45. The molecule has 2 aromatic rings. The van der Waals surface area contributed by atoms with Crippen molar-refractivity contribution in [3.05, 3.63) is 42.4 Å². The molecular weight excluding hydrogens is 250 g/mol. The molecule has 1 aromatic carbocycles. The highest BCUT2D eigenvalue weighted by atomic mass is 32.2. The van der Waals surface area contributed by atoms with Crippen molar-refractivity contribution in [2.24, 2.45) is 0 Å². The minimum absolute atomic E-state index is 0.405. The lowest BCUT2D eigenvalue weighted by molar-refractivity contribution is 0.0600. The van der Waals surface area contributed by atoms with Crippen molar-refractivity contribution in [3.8, 4) is 0 Å². The molecular formula is C12H11N3O2S. The van der Waals surface area contributed by atoms with E-state index in [-0.39, 0.29) is 0 Å². The molecule has 2 N–H and O–H groups in total. The number of hydrogen-bond donors (Lipinski definition) is 1. The molecule has 0 bridgehead atoms. The van der Waals surface area contributed by atoms with Crippen molar-refractivity contribution >= 4 is 23.4 Å². The molecule has 0 radical (unpaired) electrons. The maximum atomic E-state index is 11.3. The van der Waals surface area contributed by atoms with Crippen LogP contribution in [0.15, 0.2) is 46.7 Å². The molecule has 92 valence electrons. The molecule has 0 saturated carbocycles. The fourth-order valence-electron chi connectivity index (χ4n) is 1.34. The van der Waals surface area contributed by atoms with Crippen LogP contribution in [0, 0.1) is 0 Å². The summed E-state index contributed by atoms with van der Waals surface area (Å²) in [4.78, 5) is 20.3. The van der Waals surface area contributed by atoms with Gasteiger partial charge in [0.05, 0.1) is 18.9 Å². The molecule has 1 aromatic heterocycles. The molecule has 5 nitrogen and oxygen atoms in total. The molecule has 0 atom stereocenters. The first kappa shape index (κ1) is 12.4. The molecule has 2 rings (SSSR count). The number of hydrogen-bond acceptors (Lipinski definition) is 6. The third-order valence-corrected chi connectivity index (χ3v) is 3.20. The van der Waals surface area contributed by atoms with Crippen molar-refractivity contribution in [1.29, 1.82) is 0 Å². The third kappa shape index (κ3) is 2.78. The minimum atomic E-state index is -0.405. The number of nitrogens with zero attached hydrogens (tertiary/aromatic N) is 2. The number of carbonyl (C=O) groups excluding carboxylic acids is 1. The van der Waals surface area contributed by atoms with Crippen LogP contribution in [0.1, 0.15) is 10.4 Å². The van der Waals surface area contributed by atoms with E-state index < -0.39 is 5.97 Å². The van der Waals surface area contributed by atoms with E-state index in [4.69, 9.17) is 5.73 Å². The SMILES string of the molecule is COC(=O)c1ccc(Sc2cnccn2)c(N)c1. The Morgan fingerprint density at radius 2 is 2.22 bits per heavy atom. The summed E-state index contributed by atoms with van der Waals surface area (Å²) < 4.78 is 4.63. The smallest absolute Gasteiger partial charge is 0.337 e. The van der Waals surface area contributed by atoms with Crippen LogP contribution in [-0.2, 0) is 4.74 Å². The van der Waals surface area contributed by atoms with E-state index in [9.17, 15) is 4.79 Å². The van der Waals surface area contributed by atoms with E-state index in [0.29, 0.717) is 11.3 Å². The van der Waals surface area contributed by atoms with Crippen LogP contribution in [0.5, 0.6) is 0 Å². The van der Waals surface area contributed by atoms with Gasteiger partial charge < -0.3 is 10.5 Å². The van der Waals surface area contributed by atoms with Gasteiger partial charge in [-0.2, -0.15) is 0 Å². The largest absolute Gasteiger partial charge is 0.465 e. The number of ether oxygens (including phenoxy) is 1. The first-order chi connectivity index (χ1) is 8.70. The second kappa shape index (κ2) is 5.50. The standard InChI is InChI=1S/C12H11N3O2S/c1-17-12(16)8-2-3-10(9(13)6-8)18-11-7-14-4-5-15-11/h2-7H,13H2,1H3. The summed E-state index contributed by atoms with van der Waals surface area (Å²) in [6.07, 6.45) is 4.87. The molecule has 0 aliphatic heterocycles. The Bertz CT molecular complexity index is 561. The molecule has 6 heteroatoms. The zero-order chi connectivity index (χ0) is 13.0. The average molecular weight is 261 g/mol. The number of nitrogen functional groups attached to an aromatic ring is 1. The van der Waals surface area contributed by atoms with Gasteiger partial charge in [0.2, 0.25) is 0 Å². The summed E-state index contributed by atoms with van der Waals surface area (Å²) in [5, 5.41) is 0.745. The Labute approximate surface area is 108 Å². The molecule has 0 saturated heterocycles. The number of anilines is 1. The Morgan fingerprint density at radius 3 is 2.83 bits per heavy atom. The van der Waals surface area contributed by atoms with Crippen molar-refractivity contribution in [1.82, 2.24) is 9.97 Å². The lowest BCUT2D eigenvalue weighted by Gasteiger charge is -2.06. The van der Waals surface area contributed by atoms with Crippen LogP contribution in [0.25, 0.3) is 0 Å². The van der Waals surface area contributed by atoms with Gasteiger partial charge in [-0.05, 0) is 18.2 Å². The summed E-state index contributed by atoms with van der Waals surface area (Å²) in [6.45, 7) is 0. The summed E-state index contributed by atoms with van der Waals surface area (Å²) in [6, 6.07) is 5.02. The van der Waals surface area contributed by atoms with Crippen LogP contribution in [0.4, 0.5) is 5.69 Å². The highest BCUT2D eigenvalue weighted by Gasteiger charge is 2.09. The van der Waals surface area contributed by atoms with Gasteiger partial charge in [-0.15, -0.1) is 0 Å². The first-order valence-electron chi connectivity index (χ1n) is 5.12. The summed E-state index contributed by atoms with van der Waals surface area (Å²) >= 11 is 1.39. The van der Waals surface area contributed by atoms with E-state index in [0.717, 1.165) is 9.92 Å². The topological polar surface area (TPSA) is 78.1 Å². The normalized spacial score (nSPS) is 10.1.